The number of nitrogens with zero attached hydrogens (tertiary/aromatic N) is 3. The summed E-state index contributed by atoms with van der Waals surface area (Å²) in [5, 5.41) is 4.43. The van der Waals surface area contributed by atoms with Crippen LogP contribution >= 0.6 is 15.9 Å². The lowest BCUT2D eigenvalue weighted by atomic mass is 10.2. The van der Waals surface area contributed by atoms with Gasteiger partial charge in [-0.2, -0.15) is 5.10 Å². The Hall–Kier alpha value is -2.35. The number of anilines is 1. The van der Waals surface area contributed by atoms with E-state index in [1.165, 1.54) is 4.90 Å². The number of urea groups is 1. The van der Waals surface area contributed by atoms with Gasteiger partial charge in [-0.25, -0.2) is 10.2 Å². The van der Waals surface area contributed by atoms with Crippen molar-refractivity contribution in [2.45, 2.75) is 40.2 Å². The van der Waals surface area contributed by atoms with Crippen LogP contribution in [0.3, 0.4) is 0 Å². The van der Waals surface area contributed by atoms with E-state index in [0.717, 1.165) is 27.1 Å². The number of hydrazine groups is 1. The van der Waals surface area contributed by atoms with Crippen LogP contribution in [0.4, 0.5) is 10.5 Å². The van der Waals surface area contributed by atoms with Gasteiger partial charge in [-0.3, -0.25) is 19.8 Å². The summed E-state index contributed by atoms with van der Waals surface area (Å²) in [6, 6.07) is 6.99. The highest BCUT2D eigenvalue weighted by atomic mass is 79.9. The minimum absolute atomic E-state index is 0.133. The number of benzene rings is 1. The van der Waals surface area contributed by atoms with Crippen molar-refractivity contribution < 1.29 is 9.59 Å². The second kappa shape index (κ2) is 8.35. The number of nitrogens with one attached hydrogen (secondary N) is 2. The van der Waals surface area contributed by atoms with Crippen molar-refractivity contribution in [2.75, 3.05) is 11.9 Å². The average Bonchev–Trinajstić information content (AvgIpc) is 2.87. The molecule has 2 N–H and O–H groups in total. The summed E-state index contributed by atoms with van der Waals surface area (Å²) in [6.45, 7) is 7.73. The van der Waals surface area contributed by atoms with Gasteiger partial charge < -0.3 is 0 Å². The zero-order valence-electron chi connectivity index (χ0n) is 15.6. The third kappa shape index (κ3) is 4.63. The van der Waals surface area contributed by atoms with Gasteiger partial charge in [0.15, 0.2) is 0 Å². The molecule has 26 heavy (non-hydrogen) atoms. The summed E-state index contributed by atoms with van der Waals surface area (Å²) < 4.78 is 2.75. The lowest BCUT2D eigenvalue weighted by molar-refractivity contribution is -0.122. The monoisotopic (exact) mass is 421 g/mol. The topological polar surface area (TPSA) is 79.3 Å². The average molecular weight is 422 g/mol. The molecule has 0 bridgehead atoms. The first-order valence-electron chi connectivity index (χ1n) is 8.31. The Balaban J connectivity index is 1.88. The molecular formula is C18H24BrN5O2. The van der Waals surface area contributed by atoms with Crippen LogP contribution in [-0.4, -0.2) is 28.8 Å². The summed E-state index contributed by atoms with van der Waals surface area (Å²) in [5.41, 5.74) is 8.58. The summed E-state index contributed by atoms with van der Waals surface area (Å²) in [6.07, 6.45) is 0.197. The van der Waals surface area contributed by atoms with E-state index >= 15 is 0 Å². The number of halogens is 1. The quantitative estimate of drug-likeness (QED) is 0.742. The molecule has 3 amide bonds. The SMILES string of the molecule is Cc1ccc(N(C)C(=O)NNC(=O)C[C@@H](C)n2nc(C)c(Br)c2C)cc1. The summed E-state index contributed by atoms with van der Waals surface area (Å²) >= 11 is 3.48. The van der Waals surface area contributed by atoms with Crippen molar-refractivity contribution in [2.24, 2.45) is 0 Å². The highest BCUT2D eigenvalue weighted by Gasteiger charge is 2.18. The van der Waals surface area contributed by atoms with Crippen LogP contribution in [0.25, 0.3) is 0 Å². The number of hydrogen-bond acceptors (Lipinski definition) is 3. The molecule has 0 fully saturated rings. The molecule has 1 atom stereocenters. The fourth-order valence-corrected chi connectivity index (χ4v) is 2.83. The Kier molecular flexibility index (Phi) is 6.42. The van der Waals surface area contributed by atoms with Crippen molar-refractivity contribution in [3.05, 3.63) is 45.7 Å². The molecule has 0 unspecified atom stereocenters. The Morgan fingerprint density at radius 1 is 1.19 bits per heavy atom. The van der Waals surface area contributed by atoms with Crippen LogP contribution < -0.4 is 15.8 Å². The minimum Gasteiger partial charge on any atom is -0.296 e. The molecule has 140 valence electrons. The summed E-state index contributed by atoms with van der Waals surface area (Å²) in [4.78, 5) is 25.7. The zero-order chi connectivity index (χ0) is 19.4. The lowest BCUT2D eigenvalue weighted by Gasteiger charge is -2.19. The normalized spacial score (nSPS) is 11.8. The molecule has 2 rings (SSSR count). The Bertz CT molecular complexity index is 801. The molecule has 1 aromatic carbocycles. The van der Waals surface area contributed by atoms with E-state index in [-0.39, 0.29) is 18.4 Å². The lowest BCUT2D eigenvalue weighted by Crippen LogP contribution is -2.48. The first-order valence-corrected chi connectivity index (χ1v) is 9.10. The molecular weight excluding hydrogens is 398 g/mol. The summed E-state index contributed by atoms with van der Waals surface area (Å²) in [5.74, 6) is -0.285. The van der Waals surface area contributed by atoms with E-state index in [1.54, 1.807) is 11.7 Å². The predicted molar refractivity (Wildman–Crippen MR) is 105 cm³/mol. The molecule has 8 heteroatoms. The van der Waals surface area contributed by atoms with Crippen LogP contribution in [0.15, 0.2) is 28.7 Å². The molecule has 0 radical (unpaired) electrons. The number of aromatic nitrogens is 2. The van der Waals surface area contributed by atoms with Gasteiger partial charge in [-0.15, -0.1) is 0 Å². The van der Waals surface area contributed by atoms with Gasteiger partial charge in [-0.05, 0) is 55.8 Å². The molecule has 0 spiro atoms. The maximum atomic E-state index is 12.2. The van der Waals surface area contributed by atoms with Gasteiger partial charge in [0.25, 0.3) is 0 Å². The van der Waals surface area contributed by atoms with Crippen LogP contribution in [-0.2, 0) is 4.79 Å². The van der Waals surface area contributed by atoms with Gasteiger partial charge in [0.2, 0.25) is 5.91 Å². The van der Waals surface area contributed by atoms with Crippen LogP contribution in [0.2, 0.25) is 0 Å². The second-order valence-corrected chi connectivity index (χ2v) is 7.15. The molecule has 7 nitrogen and oxygen atoms in total. The Morgan fingerprint density at radius 2 is 1.81 bits per heavy atom. The minimum atomic E-state index is -0.413. The van der Waals surface area contributed by atoms with Gasteiger partial charge in [0.05, 0.1) is 28.3 Å². The molecule has 1 heterocycles. The Morgan fingerprint density at radius 3 is 2.35 bits per heavy atom. The molecule has 0 aliphatic rings. The standard InChI is InChI=1S/C18H24BrN5O2/c1-11-6-8-15(9-7-11)23(5)18(26)21-20-16(25)10-12(2)24-14(4)17(19)13(3)22-24/h6-9,12H,10H2,1-5H3,(H,20,25)(H,21,26)/t12-/m1/s1. The molecule has 0 aliphatic heterocycles. The predicted octanol–water partition coefficient (Wildman–Crippen LogP) is 3.40. The van der Waals surface area contributed by atoms with E-state index in [0.29, 0.717) is 0 Å². The largest absolute Gasteiger partial charge is 0.340 e. The number of amides is 3. The van der Waals surface area contributed by atoms with Crippen molar-refractivity contribution in [1.82, 2.24) is 20.6 Å². The smallest absolute Gasteiger partial charge is 0.296 e. The third-order valence-electron chi connectivity index (χ3n) is 4.17. The van der Waals surface area contributed by atoms with Crippen LogP contribution in [0.5, 0.6) is 0 Å². The van der Waals surface area contributed by atoms with Crippen molar-refractivity contribution in [3.8, 4) is 0 Å². The van der Waals surface area contributed by atoms with E-state index in [1.807, 2.05) is 52.0 Å². The van der Waals surface area contributed by atoms with Crippen molar-refractivity contribution >= 4 is 33.6 Å². The molecule has 2 aromatic rings. The van der Waals surface area contributed by atoms with Crippen LogP contribution in [0, 0.1) is 20.8 Å². The maximum Gasteiger partial charge on any atom is 0.340 e. The number of hydrogen-bond donors (Lipinski definition) is 2. The number of carbonyl (C=O) groups is 2. The number of rotatable bonds is 4. The zero-order valence-corrected chi connectivity index (χ0v) is 17.2. The van der Waals surface area contributed by atoms with Gasteiger partial charge in [0.1, 0.15) is 0 Å². The number of aryl methyl sites for hydroxylation is 2. The van der Waals surface area contributed by atoms with Crippen molar-refractivity contribution in [1.29, 1.82) is 0 Å². The number of carbonyl (C=O) groups excluding carboxylic acids is 2. The second-order valence-electron chi connectivity index (χ2n) is 6.36. The molecule has 0 aliphatic carbocycles. The van der Waals surface area contributed by atoms with E-state index in [2.05, 4.69) is 31.9 Å². The van der Waals surface area contributed by atoms with Gasteiger partial charge in [-0.1, -0.05) is 17.7 Å². The fraction of sp³-hybridized carbons (Fsp3) is 0.389. The van der Waals surface area contributed by atoms with E-state index in [9.17, 15) is 9.59 Å². The highest BCUT2D eigenvalue weighted by Crippen LogP contribution is 2.23. The first kappa shape index (κ1) is 20.0. The van der Waals surface area contributed by atoms with E-state index < -0.39 is 6.03 Å². The molecule has 0 saturated heterocycles. The van der Waals surface area contributed by atoms with Crippen LogP contribution in [0.1, 0.15) is 36.3 Å². The fourth-order valence-electron chi connectivity index (χ4n) is 2.57. The maximum absolute atomic E-state index is 12.2. The first-order chi connectivity index (χ1) is 12.2. The molecule has 0 saturated carbocycles. The van der Waals surface area contributed by atoms with Gasteiger partial charge >= 0.3 is 6.03 Å². The summed E-state index contributed by atoms with van der Waals surface area (Å²) in [7, 11) is 1.64. The van der Waals surface area contributed by atoms with Crippen molar-refractivity contribution in [3.63, 3.8) is 0 Å². The highest BCUT2D eigenvalue weighted by molar-refractivity contribution is 9.10. The Labute approximate surface area is 161 Å². The van der Waals surface area contributed by atoms with Gasteiger partial charge in [0, 0.05) is 12.7 Å². The molecule has 1 aromatic heterocycles. The van der Waals surface area contributed by atoms with E-state index in [4.69, 9.17) is 0 Å². The third-order valence-corrected chi connectivity index (χ3v) is 5.32.